The number of rotatable bonds is 5. The Labute approximate surface area is 326 Å². The molecule has 1 aliphatic rings. The lowest BCUT2D eigenvalue weighted by Gasteiger charge is -2.23. The summed E-state index contributed by atoms with van der Waals surface area (Å²) in [6.07, 6.45) is -0.310. The minimum absolute atomic E-state index is 0.310. The number of hydrogen-bond donors (Lipinski definition) is 1. The zero-order valence-electron chi connectivity index (χ0n) is 30.6. The Hall–Kier alpha value is -7.70. The molecule has 1 aliphatic heterocycles. The minimum Gasteiger partial charge on any atom is -0.456 e. The molecule has 0 aliphatic carbocycles. The number of nitrogens with zero attached hydrogens (tertiary/aromatic N) is 3. The standard InChI is InChI=1S/C51H32N4O2/c1-3-14-31(15-4-1)49-52-50(32-16-5-2-6-17-32)54-51(53-49)39-22-11-21-38-46-34(20-12-26-43(46)57-48(38)39)33-28-29-37-45(30-33)56-44-27-13-25-42(47(37)44)55-40-23-9-7-18-35(40)36-19-8-10-24-41(36)55/h1-30,49H,(H,52,53,54). The van der Waals surface area contributed by atoms with Crippen molar-refractivity contribution in [2.24, 2.45) is 9.98 Å². The molecule has 57 heavy (non-hydrogen) atoms. The maximum Gasteiger partial charge on any atom is 0.163 e. The van der Waals surface area contributed by atoms with Gasteiger partial charge in [0.25, 0.3) is 0 Å². The van der Waals surface area contributed by atoms with E-state index in [9.17, 15) is 0 Å². The van der Waals surface area contributed by atoms with Gasteiger partial charge >= 0.3 is 0 Å². The molecule has 0 radical (unpaired) electrons. The first-order valence-corrected chi connectivity index (χ1v) is 19.2. The molecule has 4 heterocycles. The maximum absolute atomic E-state index is 6.75. The summed E-state index contributed by atoms with van der Waals surface area (Å²) >= 11 is 0. The zero-order valence-corrected chi connectivity index (χ0v) is 30.6. The van der Waals surface area contributed by atoms with Crippen LogP contribution >= 0.6 is 0 Å². The van der Waals surface area contributed by atoms with Gasteiger partial charge in [-0.3, -0.25) is 0 Å². The Morgan fingerprint density at radius 3 is 1.91 bits per heavy atom. The number of hydrogen-bond acceptors (Lipinski definition) is 5. The van der Waals surface area contributed by atoms with Crippen LogP contribution in [-0.4, -0.2) is 16.2 Å². The molecule has 0 bridgehead atoms. The average molecular weight is 733 g/mol. The van der Waals surface area contributed by atoms with Crippen molar-refractivity contribution in [1.29, 1.82) is 0 Å². The molecule has 0 saturated heterocycles. The molecular weight excluding hydrogens is 701 g/mol. The quantitative estimate of drug-likeness (QED) is 0.192. The van der Waals surface area contributed by atoms with Crippen LogP contribution in [0.5, 0.6) is 0 Å². The van der Waals surface area contributed by atoms with Gasteiger partial charge in [-0.25, -0.2) is 9.98 Å². The molecule has 6 nitrogen and oxygen atoms in total. The highest BCUT2D eigenvalue weighted by atomic mass is 16.3. The molecule has 1 unspecified atom stereocenters. The number of aliphatic imine (C=N–C) groups is 2. The fraction of sp³-hybridized carbons (Fsp3) is 0.0196. The van der Waals surface area contributed by atoms with Crippen molar-refractivity contribution < 1.29 is 8.83 Å². The van der Waals surface area contributed by atoms with Crippen LogP contribution in [0.2, 0.25) is 0 Å². The predicted octanol–water partition coefficient (Wildman–Crippen LogP) is 12.7. The summed E-state index contributed by atoms with van der Waals surface area (Å²) in [5.74, 6) is 1.39. The summed E-state index contributed by atoms with van der Waals surface area (Å²) < 4.78 is 15.8. The fourth-order valence-corrected chi connectivity index (χ4v) is 8.73. The second-order valence-electron chi connectivity index (χ2n) is 14.5. The fourth-order valence-electron chi connectivity index (χ4n) is 8.73. The molecule has 3 aromatic heterocycles. The normalized spacial score (nSPS) is 14.5. The van der Waals surface area contributed by atoms with E-state index in [0.717, 1.165) is 83.2 Å². The van der Waals surface area contributed by atoms with Crippen LogP contribution in [0, 0.1) is 0 Å². The predicted molar refractivity (Wildman–Crippen MR) is 233 cm³/mol. The third-order valence-electron chi connectivity index (χ3n) is 11.3. The summed E-state index contributed by atoms with van der Waals surface area (Å²) in [5, 5.41) is 10.2. The zero-order chi connectivity index (χ0) is 37.5. The summed E-state index contributed by atoms with van der Waals surface area (Å²) in [6, 6.07) is 63.1. The van der Waals surface area contributed by atoms with Gasteiger partial charge < -0.3 is 18.7 Å². The van der Waals surface area contributed by atoms with Gasteiger partial charge in [0.15, 0.2) is 5.84 Å². The summed E-state index contributed by atoms with van der Waals surface area (Å²) in [6.45, 7) is 0. The average Bonchev–Trinajstić information content (AvgIpc) is 3.96. The number of aromatic nitrogens is 1. The highest BCUT2D eigenvalue weighted by molar-refractivity contribution is 6.22. The summed E-state index contributed by atoms with van der Waals surface area (Å²) in [4.78, 5) is 10.3. The highest BCUT2D eigenvalue weighted by Gasteiger charge is 2.25. The van der Waals surface area contributed by atoms with Crippen LogP contribution in [0.1, 0.15) is 22.9 Å². The Morgan fingerprint density at radius 1 is 0.474 bits per heavy atom. The molecule has 1 N–H and O–H groups in total. The number of nitrogens with one attached hydrogen (secondary N) is 1. The van der Waals surface area contributed by atoms with E-state index in [1.807, 2.05) is 42.5 Å². The SMILES string of the molecule is c1ccc(C2=NC(c3cccc4c3oc3cccc(-c5ccc6c(c5)oc5cccc(-n7c8ccccc8c8ccccc87)c56)c34)=NC(c3ccccc3)N2)cc1. The third-order valence-corrected chi connectivity index (χ3v) is 11.3. The van der Waals surface area contributed by atoms with E-state index in [-0.39, 0.29) is 6.17 Å². The van der Waals surface area contributed by atoms with Crippen LogP contribution in [0.15, 0.2) is 201 Å². The van der Waals surface area contributed by atoms with Gasteiger partial charge in [0.1, 0.15) is 34.3 Å². The van der Waals surface area contributed by atoms with E-state index in [4.69, 9.17) is 18.8 Å². The number of amidine groups is 2. The van der Waals surface area contributed by atoms with Gasteiger partial charge in [0, 0.05) is 32.5 Å². The molecule has 6 heteroatoms. The Kier molecular flexibility index (Phi) is 6.89. The molecule has 0 fully saturated rings. The smallest absolute Gasteiger partial charge is 0.163 e. The van der Waals surface area contributed by atoms with E-state index in [0.29, 0.717) is 5.84 Å². The van der Waals surface area contributed by atoms with E-state index in [1.165, 1.54) is 21.8 Å². The number of para-hydroxylation sites is 3. The van der Waals surface area contributed by atoms with Crippen LogP contribution < -0.4 is 5.32 Å². The maximum atomic E-state index is 6.75. The summed E-state index contributed by atoms with van der Waals surface area (Å²) in [7, 11) is 0. The van der Waals surface area contributed by atoms with Crippen molar-refractivity contribution in [3.8, 4) is 16.8 Å². The molecule has 0 spiro atoms. The third kappa shape index (κ3) is 4.90. The van der Waals surface area contributed by atoms with Gasteiger partial charge in [-0.15, -0.1) is 0 Å². The molecule has 0 amide bonds. The van der Waals surface area contributed by atoms with Gasteiger partial charge in [0.05, 0.1) is 27.7 Å². The lowest BCUT2D eigenvalue weighted by atomic mass is 9.97. The Morgan fingerprint density at radius 2 is 1.12 bits per heavy atom. The van der Waals surface area contributed by atoms with E-state index < -0.39 is 0 Å². The number of fused-ring (bicyclic) bond motifs is 9. The first kappa shape index (κ1) is 31.6. The molecule has 268 valence electrons. The molecule has 8 aromatic carbocycles. The van der Waals surface area contributed by atoms with Gasteiger partial charge in [-0.2, -0.15) is 0 Å². The molecule has 1 atom stereocenters. The van der Waals surface area contributed by atoms with E-state index in [1.54, 1.807) is 0 Å². The summed E-state index contributed by atoms with van der Waals surface area (Å²) in [5.41, 5.74) is 11.7. The Bertz CT molecular complexity index is 3390. The van der Waals surface area contributed by atoms with Crippen molar-refractivity contribution in [1.82, 2.24) is 9.88 Å². The number of furan rings is 2. The van der Waals surface area contributed by atoms with Gasteiger partial charge in [-0.05, 0) is 65.2 Å². The number of benzene rings is 8. The molecule has 11 aromatic rings. The molecule has 12 rings (SSSR count). The van der Waals surface area contributed by atoms with Crippen molar-refractivity contribution in [3.05, 3.63) is 199 Å². The minimum atomic E-state index is -0.310. The largest absolute Gasteiger partial charge is 0.456 e. The second-order valence-corrected chi connectivity index (χ2v) is 14.5. The topological polar surface area (TPSA) is 68.0 Å². The van der Waals surface area contributed by atoms with Crippen LogP contribution in [0.25, 0.3) is 82.5 Å². The molecular formula is C51H32N4O2. The van der Waals surface area contributed by atoms with Crippen LogP contribution in [0.4, 0.5) is 0 Å². The van der Waals surface area contributed by atoms with Crippen molar-refractivity contribution >= 4 is 77.4 Å². The van der Waals surface area contributed by atoms with Crippen molar-refractivity contribution in [2.75, 3.05) is 0 Å². The van der Waals surface area contributed by atoms with Crippen molar-refractivity contribution in [3.63, 3.8) is 0 Å². The highest BCUT2D eigenvalue weighted by Crippen LogP contribution is 2.42. The van der Waals surface area contributed by atoms with Gasteiger partial charge in [-0.1, -0.05) is 133 Å². The van der Waals surface area contributed by atoms with E-state index in [2.05, 4.69) is 149 Å². The van der Waals surface area contributed by atoms with Crippen molar-refractivity contribution in [2.45, 2.75) is 6.17 Å². The first-order chi connectivity index (χ1) is 28.3. The molecule has 0 saturated carbocycles. The Balaban J connectivity index is 1.01. The van der Waals surface area contributed by atoms with Crippen LogP contribution in [0.3, 0.4) is 0 Å². The van der Waals surface area contributed by atoms with Crippen LogP contribution in [-0.2, 0) is 0 Å². The first-order valence-electron chi connectivity index (χ1n) is 19.2. The van der Waals surface area contributed by atoms with E-state index >= 15 is 0 Å². The van der Waals surface area contributed by atoms with Gasteiger partial charge in [0.2, 0.25) is 0 Å². The monoisotopic (exact) mass is 732 g/mol. The second kappa shape index (κ2) is 12.4. The lowest BCUT2D eigenvalue weighted by molar-refractivity contribution is 0.663. The lowest BCUT2D eigenvalue weighted by Crippen LogP contribution is -2.33.